The fourth-order valence-electron chi connectivity index (χ4n) is 2.52. The molecule has 3 aromatic heterocycles. The molecule has 0 saturated heterocycles. The van der Waals surface area contributed by atoms with E-state index in [2.05, 4.69) is 30.6 Å². The molecule has 6 rings (SSSR count). The molecule has 0 aliphatic rings. The third-order valence-electron chi connectivity index (χ3n) is 3.90. The average molecular weight is 618 g/mol. The van der Waals surface area contributed by atoms with Gasteiger partial charge in [0, 0.05) is 16.6 Å². The molecule has 0 unspecified atom stereocenters. The Morgan fingerprint density at radius 2 is 0.750 bits per heavy atom. The number of hydrogen-bond acceptors (Lipinski definition) is 6. The summed E-state index contributed by atoms with van der Waals surface area (Å²) in [5, 5.41) is 47.7. The SMILES string of the molecule is OB(O)O.[Tl+3].c1ccc2n[n-]cc2c1.c1ccc2n[n-]cc2c1.c1ccc2n[n-]cc2c1. The van der Waals surface area contributed by atoms with Gasteiger partial charge in [0.05, 0.1) is 0 Å². The van der Waals surface area contributed by atoms with E-state index >= 15 is 0 Å². The number of rotatable bonds is 0. The molecule has 0 spiro atoms. The second kappa shape index (κ2) is 13.4. The molecule has 3 aromatic carbocycles. The van der Waals surface area contributed by atoms with Crippen LogP contribution in [0.4, 0.5) is 0 Å². The molecule has 11 heteroatoms. The molecule has 9 nitrogen and oxygen atoms in total. The van der Waals surface area contributed by atoms with E-state index in [0.717, 1.165) is 32.7 Å². The fraction of sp³-hybridized carbons (Fsp3) is 0. The summed E-state index contributed by atoms with van der Waals surface area (Å²) in [7, 11) is -2.17. The van der Waals surface area contributed by atoms with E-state index in [1.54, 1.807) is 18.6 Å². The monoisotopic (exact) mass is 618 g/mol. The van der Waals surface area contributed by atoms with Crippen molar-refractivity contribution < 1.29 is 15.1 Å². The van der Waals surface area contributed by atoms with Crippen LogP contribution < -0.4 is 15.3 Å². The standard InChI is InChI=1S/3C7H5N2.BH3O3.Tl/c3*1-2-4-7-6(3-1)5-8-9-7;2-1(3)4;/h3*1-5H;2-4H;/q3*-1;;+3. The van der Waals surface area contributed by atoms with Crippen molar-refractivity contribution in [1.29, 1.82) is 0 Å². The van der Waals surface area contributed by atoms with Crippen LogP contribution in [0.25, 0.3) is 32.7 Å². The van der Waals surface area contributed by atoms with Gasteiger partial charge in [0.15, 0.2) is 0 Å². The number of aromatic nitrogens is 6. The maximum Gasteiger partial charge on any atom is 3.00 e. The van der Waals surface area contributed by atoms with Crippen molar-refractivity contribution in [2.75, 3.05) is 0 Å². The summed E-state index contributed by atoms with van der Waals surface area (Å²) in [6.45, 7) is 0. The molecule has 0 fully saturated rings. The maximum absolute atomic E-state index is 7.17. The Morgan fingerprint density at radius 1 is 0.500 bits per heavy atom. The Morgan fingerprint density at radius 3 is 1.00 bits per heavy atom. The normalized spacial score (nSPS) is 9.47. The summed E-state index contributed by atoms with van der Waals surface area (Å²) in [4.78, 5) is 0. The summed E-state index contributed by atoms with van der Waals surface area (Å²) in [6, 6.07) is 23.6. The van der Waals surface area contributed by atoms with Crippen molar-refractivity contribution in [3.8, 4) is 0 Å². The largest absolute Gasteiger partial charge is 3.00 e. The smallest absolute Gasteiger partial charge is 0.581 e. The maximum atomic E-state index is 7.17. The van der Waals surface area contributed by atoms with E-state index in [0.29, 0.717) is 0 Å². The zero-order valence-corrected chi connectivity index (χ0v) is 21.3. The first-order valence-corrected chi connectivity index (χ1v) is 9.17. The molecule has 0 saturated carbocycles. The Hall–Kier alpha value is -3.06. The minimum atomic E-state index is -2.17. The van der Waals surface area contributed by atoms with Crippen LogP contribution in [0.3, 0.4) is 0 Å². The quantitative estimate of drug-likeness (QED) is 0.214. The molecular formula is C21H18BN6O3Tl. The molecule has 3 N–H and O–H groups in total. The number of hydrogen-bond donors (Lipinski definition) is 3. The van der Waals surface area contributed by atoms with Crippen molar-refractivity contribution >= 4 is 67.3 Å². The van der Waals surface area contributed by atoms with Gasteiger partial charge in [-0.15, -0.1) is 0 Å². The third kappa shape index (κ3) is 7.89. The molecular weight excluding hydrogens is 599 g/mol. The van der Waals surface area contributed by atoms with Gasteiger partial charge in [0.1, 0.15) is 0 Å². The van der Waals surface area contributed by atoms with E-state index in [9.17, 15) is 0 Å². The van der Waals surface area contributed by atoms with Crippen LogP contribution in [-0.2, 0) is 0 Å². The van der Waals surface area contributed by atoms with Crippen LogP contribution in [0, 0.1) is 0 Å². The first-order chi connectivity index (χ1) is 15.1. The van der Waals surface area contributed by atoms with Crippen molar-refractivity contribution in [3.05, 3.63) is 91.4 Å². The van der Waals surface area contributed by atoms with Crippen LogP contribution in [0.2, 0.25) is 0 Å². The second-order valence-corrected chi connectivity index (χ2v) is 6.06. The number of fused-ring (bicyclic) bond motifs is 3. The fourth-order valence-corrected chi connectivity index (χ4v) is 2.52. The Balaban J connectivity index is 0.000000155. The van der Waals surface area contributed by atoms with Crippen LogP contribution in [0.1, 0.15) is 0 Å². The van der Waals surface area contributed by atoms with E-state index in [1.807, 2.05) is 72.8 Å². The molecule has 0 amide bonds. The van der Waals surface area contributed by atoms with E-state index in [1.165, 1.54) is 0 Å². The minimum Gasteiger partial charge on any atom is -0.581 e. The summed E-state index contributed by atoms with van der Waals surface area (Å²) < 4.78 is 0. The molecule has 32 heavy (non-hydrogen) atoms. The predicted molar refractivity (Wildman–Crippen MR) is 123 cm³/mol. The summed E-state index contributed by atoms with van der Waals surface area (Å²) in [6.07, 6.45) is 5.28. The van der Waals surface area contributed by atoms with Crippen LogP contribution in [0.5, 0.6) is 0 Å². The van der Waals surface area contributed by atoms with Gasteiger partial charge >= 0.3 is 34.6 Å². The Labute approximate surface area is 203 Å². The van der Waals surface area contributed by atoms with Crippen molar-refractivity contribution in [2.45, 2.75) is 0 Å². The van der Waals surface area contributed by atoms with Gasteiger partial charge in [-0.25, -0.2) is 0 Å². The molecule has 3 heterocycles. The number of benzene rings is 3. The van der Waals surface area contributed by atoms with Crippen LogP contribution in [-0.4, -0.2) is 65.0 Å². The molecule has 0 aliphatic heterocycles. The van der Waals surface area contributed by atoms with Gasteiger partial charge in [-0.05, 0) is 34.4 Å². The summed E-state index contributed by atoms with van der Waals surface area (Å²) in [5.41, 5.74) is 2.91. The van der Waals surface area contributed by atoms with E-state index in [4.69, 9.17) is 15.1 Å². The molecule has 6 aromatic rings. The second-order valence-electron chi connectivity index (χ2n) is 6.06. The van der Waals surface area contributed by atoms with Crippen molar-refractivity contribution in [1.82, 2.24) is 30.6 Å². The van der Waals surface area contributed by atoms with Crippen molar-refractivity contribution in [3.63, 3.8) is 0 Å². The Kier molecular flexibility index (Phi) is 10.5. The van der Waals surface area contributed by atoms with Gasteiger partial charge in [0.25, 0.3) is 0 Å². The van der Waals surface area contributed by atoms with Gasteiger partial charge in [-0.1, -0.05) is 54.6 Å². The van der Waals surface area contributed by atoms with Gasteiger partial charge in [0.2, 0.25) is 0 Å². The zero-order valence-electron chi connectivity index (χ0n) is 16.8. The minimum absolute atomic E-state index is 0. The molecule has 0 aliphatic carbocycles. The predicted octanol–water partition coefficient (Wildman–Crippen LogP) is 1.14. The zero-order chi connectivity index (χ0) is 21.9. The first kappa shape index (κ1) is 25.2. The van der Waals surface area contributed by atoms with E-state index in [-0.39, 0.29) is 27.3 Å². The van der Waals surface area contributed by atoms with Gasteiger partial charge in [-0.2, -0.15) is 18.6 Å². The number of nitrogens with zero attached hydrogens (tertiary/aromatic N) is 6. The average Bonchev–Trinajstić information content (AvgIpc) is 3.54. The van der Waals surface area contributed by atoms with E-state index < -0.39 is 7.32 Å². The summed E-state index contributed by atoms with van der Waals surface area (Å²) >= 11 is 0. The van der Waals surface area contributed by atoms with Crippen LogP contribution in [0.15, 0.2) is 91.4 Å². The van der Waals surface area contributed by atoms with Crippen LogP contribution >= 0.6 is 0 Å². The Bertz CT molecular complexity index is 1070. The molecule has 156 valence electrons. The van der Waals surface area contributed by atoms with Gasteiger partial charge < -0.3 is 45.7 Å². The molecule has 0 atom stereocenters. The topological polar surface area (TPSA) is 142 Å². The first-order valence-electron chi connectivity index (χ1n) is 9.17. The molecule has 0 radical (unpaired) electrons. The van der Waals surface area contributed by atoms with Gasteiger partial charge in [-0.3, -0.25) is 0 Å². The van der Waals surface area contributed by atoms with Crippen molar-refractivity contribution in [2.24, 2.45) is 0 Å². The molecule has 0 bridgehead atoms. The summed E-state index contributed by atoms with van der Waals surface area (Å²) in [5.74, 6) is 0. The third-order valence-corrected chi connectivity index (χ3v) is 3.90.